The molecule has 0 heterocycles. The fourth-order valence-corrected chi connectivity index (χ4v) is 5.02. The lowest BCUT2D eigenvalue weighted by molar-refractivity contribution is -0.156. The predicted molar refractivity (Wildman–Crippen MR) is 91.6 cm³/mol. The second-order valence-corrected chi connectivity index (χ2v) is 7.73. The largest absolute Gasteiger partial charge is 0.481 e. The van der Waals surface area contributed by atoms with Crippen molar-refractivity contribution in [3.63, 3.8) is 0 Å². The summed E-state index contributed by atoms with van der Waals surface area (Å²) in [6, 6.07) is 0. The van der Waals surface area contributed by atoms with Crippen LogP contribution in [0.4, 0.5) is 0 Å². The van der Waals surface area contributed by atoms with Crippen molar-refractivity contribution >= 4 is 5.97 Å². The number of rotatable bonds is 5. The van der Waals surface area contributed by atoms with Gasteiger partial charge in [-0.1, -0.05) is 50.3 Å². The molecule has 0 amide bonds. The van der Waals surface area contributed by atoms with Crippen molar-refractivity contribution in [3.8, 4) is 0 Å². The fourth-order valence-electron chi connectivity index (χ4n) is 5.02. The summed E-state index contributed by atoms with van der Waals surface area (Å²) in [4.78, 5) is 11.9. The minimum absolute atomic E-state index is 0.161. The monoisotopic (exact) mass is 302 g/mol. The molecule has 0 radical (unpaired) electrons. The van der Waals surface area contributed by atoms with Crippen LogP contribution in [0.2, 0.25) is 0 Å². The molecule has 0 saturated heterocycles. The zero-order valence-electron chi connectivity index (χ0n) is 14.3. The highest BCUT2D eigenvalue weighted by molar-refractivity contribution is 5.71. The van der Waals surface area contributed by atoms with Crippen molar-refractivity contribution in [2.75, 3.05) is 0 Å². The van der Waals surface area contributed by atoms with E-state index in [1.807, 2.05) is 0 Å². The maximum Gasteiger partial charge on any atom is 0.307 e. The first kappa shape index (κ1) is 17.1. The van der Waals surface area contributed by atoms with E-state index >= 15 is 0 Å². The Labute approximate surface area is 135 Å². The van der Waals surface area contributed by atoms with Crippen LogP contribution in [0.3, 0.4) is 0 Å². The minimum atomic E-state index is -0.624. The first-order chi connectivity index (χ1) is 10.3. The summed E-state index contributed by atoms with van der Waals surface area (Å²) in [7, 11) is 0. The molecule has 22 heavy (non-hydrogen) atoms. The van der Waals surface area contributed by atoms with Crippen molar-refractivity contribution in [2.24, 2.45) is 22.7 Å². The van der Waals surface area contributed by atoms with Crippen molar-refractivity contribution in [1.82, 2.24) is 0 Å². The van der Waals surface area contributed by atoms with E-state index in [1.54, 1.807) is 6.08 Å². The molecular formula is C20H30O2. The summed E-state index contributed by atoms with van der Waals surface area (Å²) in [5, 5.41) is 9.78. The molecule has 0 aliphatic heterocycles. The van der Waals surface area contributed by atoms with Gasteiger partial charge in [0.15, 0.2) is 0 Å². The van der Waals surface area contributed by atoms with Gasteiger partial charge in [-0.05, 0) is 62.2 Å². The zero-order valence-corrected chi connectivity index (χ0v) is 14.3. The molecule has 0 aromatic heterocycles. The highest BCUT2D eigenvalue weighted by Crippen LogP contribution is 2.62. The standard InChI is InChI=1S/C20H30O2/c1-6-14(2)10-12-20(5)16(18(21)22)11-13-19(4)15(3)8-7-9-17(19)20/h6,8,16-17H,1-2,7,9-13H2,3-5H3,(H,21,22)/t16-,17-,19-,20-/m1/s1. The van der Waals surface area contributed by atoms with Gasteiger partial charge in [-0.2, -0.15) is 0 Å². The lowest BCUT2D eigenvalue weighted by Crippen LogP contribution is -2.52. The lowest BCUT2D eigenvalue weighted by atomic mass is 9.46. The Morgan fingerprint density at radius 1 is 1.45 bits per heavy atom. The molecule has 2 rings (SSSR count). The van der Waals surface area contributed by atoms with Crippen LogP contribution in [0.15, 0.2) is 36.5 Å². The summed E-state index contributed by atoms with van der Waals surface area (Å²) in [6.07, 6.45) is 9.86. The van der Waals surface area contributed by atoms with Gasteiger partial charge in [-0.3, -0.25) is 4.79 Å². The van der Waals surface area contributed by atoms with Crippen LogP contribution >= 0.6 is 0 Å². The molecule has 2 nitrogen and oxygen atoms in total. The third-order valence-electron chi connectivity index (χ3n) is 6.69. The normalized spacial score (nSPS) is 37.9. The number of allylic oxidation sites excluding steroid dienone is 4. The highest BCUT2D eigenvalue weighted by Gasteiger charge is 2.56. The van der Waals surface area contributed by atoms with Gasteiger partial charge >= 0.3 is 5.97 Å². The van der Waals surface area contributed by atoms with Gasteiger partial charge in [0, 0.05) is 0 Å². The third kappa shape index (κ3) is 2.68. The van der Waals surface area contributed by atoms with Crippen molar-refractivity contribution in [2.45, 2.75) is 59.3 Å². The van der Waals surface area contributed by atoms with E-state index in [2.05, 4.69) is 40.0 Å². The number of aliphatic carboxylic acids is 1. The van der Waals surface area contributed by atoms with Crippen LogP contribution in [-0.4, -0.2) is 11.1 Å². The van der Waals surface area contributed by atoms with Crippen molar-refractivity contribution in [1.29, 1.82) is 0 Å². The van der Waals surface area contributed by atoms with Gasteiger partial charge in [0.05, 0.1) is 5.92 Å². The SMILES string of the molecule is C=CC(=C)CC[C@]1(C)[C@@H](C(=O)O)CC[C@]2(C)C(C)=CCC[C@@H]12. The number of carboxylic acid groups (broad SMARTS) is 1. The van der Waals surface area contributed by atoms with Crippen molar-refractivity contribution in [3.05, 3.63) is 36.5 Å². The van der Waals surface area contributed by atoms with Gasteiger partial charge in [0.25, 0.3) is 0 Å². The average molecular weight is 302 g/mol. The summed E-state index contributed by atoms with van der Waals surface area (Å²) in [6.45, 7) is 14.6. The predicted octanol–water partition coefficient (Wildman–Crippen LogP) is 5.37. The number of hydrogen-bond donors (Lipinski definition) is 1. The third-order valence-corrected chi connectivity index (χ3v) is 6.69. The van der Waals surface area contributed by atoms with Crippen LogP contribution in [0.1, 0.15) is 59.3 Å². The molecule has 1 fully saturated rings. The number of carbonyl (C=O) groups is 1. The lowest BCUT2D eigenvalue weighted by Gasteiger charge is -2.57. The molecule has 2 aliphatic carbocycles. The Morgan fingerprint density at radius 3 is 2.73 bits per heavy atom. The van der Waals surface area contributed by atoms with E-state index in [-0.39, 0.29) is 16.7 Å². The molecule has 4 atom stereocenters. The number of fused-ring (bicyclic) bond motifs is 1. The van der Waals surface area contributed by atoms with E-state index in [4.69, 9.17) is 0 Å². The van der Waals surface area contributed by atoms with Gasteiger partial charge in [-0.15, -0.1) is 0 Å². The fraction of sp³-hybridized carbons (Fsp3) is 0.650. The van der Waals surface area contributed by atoms with Gasteiger partial charge in [-0.25, -0.2) is 0 Å². The van der Waals surface area contributed by atoms with Gasteiger partial charge in [0.2, 0.25) is 0 Å². The molecule has 1 saturated carbocycles. The topological polar surface area (TPSA) is 37.3 Å². The smallest absolute Gasteiger partial charge is 0.307 e. The first-order valence-corrected chi connectivity index (χ1v) is 8.46. The second-order valence-electron chi connectivity index (χ2n) is 7.73. The molecule has 0 bridgehead atoms. The highest BCUT2D eigenvalue weighted by atomic mass is 16.4. The molecule has 0 aromatic rings. The van der Waals surface area contributed by atoms with Crippen LogP contribution in [-0.2, 0) is 4.79 Å². The molecular weight excluding hydrogens is 272 g/mol. The van der Waals surface area contributed by atoms with Crippen molar-refractivity contribution < 1.29 is 9.90 Å². The van der Waals surface area contributed by atoms with E-state index in [9.17, 15) is 9.90 Å². The summed E-state index contributed by atoms with van der Waals surface area (Å²) in [5.41, 5.74) is 2.47. The second kappa shape index (κ2) is 6.06. The molecule has 0 aromatic carbocycles. The summed E-state index contributed by atoms with van der Waals surface area (Å²) >= 11 is 0. The average Bonchev–Trinajstić information content (AvgIpc) is 2.46. The van der Waals surface area contributed by atoms with E-state index in [0.29, 0.717) is 5.92 Å². The molecule has 122 valence electrons. The molecule has 1 N–H and O–H groups in total. The molecule has 0 spiro atoms. The van der Waals surface area contributed by atoms with Gasteiger partial charge in [0.1, 0.15) is 0 Å². The van der Waals surface area contributed by atoms with E-state index in [0.717, 1.165) is 44.1 Å². The number of carboxylic acids is 1. The van der Waals surface area contributed by atoms with E-state index < -0.39 is 5.97 Å². The Balaban J connectivity index is 2.37. The quantitative estimate of drug-likeness (QED) is 0.547. The van der Waals surface area contributed by atoms with E-state index in [1.165, 1.54) is 5.57 Å². The Kier molecular flexibility index (Phi) is 4.70. The molecule has 2 aliphatic rings. The van der Waals surface area contributed by atoms with Gasteiger partial charge < -0.3 is 5.11 Å². The maximum absolute atomic E-state index is 11.9. The minimum Gasteiger partial charge on any atom is -0.481 e. The first-order valence-electron chi connectivity index (χ1n) is 8.46. The maximum atomic E-state index is 11.9. The molecule has 2 heteroatoms. The summed E-state index contributed by atoms with van der Waals surface area (Å²) in [5.74, 6) is -0.424. The Hall–Kier alpha value is -1.31. The number of hydrogen-bond acceptors (Lipinski definition) is 1. The van der Waals surface area contributed by atoms with Crippen LogP contribution in [0, 0.1) is 22.7 Å². The Bertz CT molecular complexity index is 516. The van der Waals surface area contributed by atoms with Crippen LogP contribution in [0.5, 0.6) is 0 Å². The van der Waals surface area contributed by atoms with Crippen LogP contribution in [0.25, 0.3) is 0 Å². The molecule has 0 unspecified atom stereocenters. The zero-order chi connectivity index (χ0) is 16.5. The Morgan fingerprint density at radius 2 is 2.14 bits per heavy atom. The summed E-state index contributed by atoms with van der Waals surface area (Å²) < 4.78 is 0. The van der Waals surface area contributed by atoms with Crippen LogP contribution < -0.4 is 0 Å².